The lowest BCUT2D eigenvalue weighted by Gasteiger charge is -2.23. The van der Waals surface area contributed by atoms with E-state index in [0.29, 0.717) is 23.1 Å². The van der Waals surface area contributed by atoms with E-state index < -0.39 is 0 Å². The number of hydrogen-bond donors (Lipinski definition) is 2. The van der Waals surface area contributed by atoms with E-state index in [-0.39, 0.29) is 5.41 Å². The number of nitrogens with zero attached hydrogens (tertiary/aromatic N) is 2. The second-order valence-corrected chi connectivity index (χ2v) is 7.80. The number of benzene rings is 2. The molecule has 6 nitrogen and oxygen atoms in total. The van der Waals surface area contributed by atoms with Crippen LogP contribution in [0.1, 0.15) is 32.2 Å². The minimum atomic E-state index is 0.0202. The van der Waals surface area contributed by atoms with Crippen LogP contribution in [0.4, 0.5) is 23.0 Å². The van der Waals surface area contributed by atoms with Crippen LogP contribution < -0.4 is 20.1 Å². The summed E-state index contributed by atoms with van der Waals surface area (Å²) in [6, 6.07) is 15.8. The Morgan fingerprint density at radius 1 is 0.793 bits per heavy atom. The zero-order valence-corrected chi connectivity index (χ0v) is 17.8. The minimum Gasteiger partial charge on any atom is -0.493 e. The van der Waals surface area contributed by atoms with E-state index in [1.807, 2.05) is 37.3 Å². The van der Waals surface area contributed by atoms with Gasteiger partial charge in [0.2, 0.25) is 0 Å². The Morgan fingerprint density at radius 2 is 1.45 bits per heavy atom. The third-order valence-corrected chi connectivity index (χ3v) is 4.49. The Kier molecular flexibility index (Phi) is 5.92. The average molecular weight is 393 g/mol. The second-order valence-electron chi connectivity index (χ2n) is 7.80. The molecule has 3 rings (SSSR count). The van der Waals surface area contributed by atoms with Crippen molar-refractivity contribution in [2.45, 2.75) is 33.1 Å². The molecule has 152 valence electrons. The van der Waals surface area contributed by atoms with Gasteiger partial charge in [0.15, 0.2) is 11.5 Å². The van der Waals surface area contributed by atoms with Gasteiger partial charge in [0.25, 0.3) is 0 Å². The van der Waals surface area contributed by atoms with Gasteiger partial charge >= 0.3 is 0 Å². The second kappa shape index (κ2) is 8.39. The van der Waals surface area contributed by atoms with Crippen LogP contribution in [0.2, 0.25) is 0 Å². The van der Waals surface area contributed by atoms with Crippen LogP contribution in [0.3, 0.4) is 0 Å². The molecule has 0 aliphatic carbocycles. The van der Waals surface area contributed by atoms with Gasteiger partial charge in [-0.15, -0.1) is 0 Å². The maximum Gasteiger partial charge on any atom is 0.162 e. The van der Waals surface area contributed by atoms with E-state index >= 15 is 0 Å². The van der Waals surface area contributed by atoms with Crippen molar-refractivity contribution in [2.24, 2.45) is 0 Å². The lowest BCUT2D eigenvalue weighted by molar-refractivity contribution is 0.355. The number of methoxy groups -OCH3 is 2. The molecule has 1 heterocycles. The van der Waals surface area contributed by atoms with E-state index in [9.17, 15) is 0 Å². The molecule has 0 aliphatic heterocycles. The molecule has 29 heavy (non-hydrogen) atoms. The monoisotopic (exact) mass is 392 g/mol. The van der Waals surface area contributed by atoms with E-state index in [2.05, 4.69) is 59.6 Å². The molecule has 2 aromatic carbocycles. The van der Waals surface area contributed by atoms with Gasteiger partial charge in [-0.25, -0.2) is 9.97 Å². The molecule has 2 N–H and O–H groups in total. The molecule has 6 heteroatoms. The molecule has 0 radical (unpaired) electrons. The molecule has 0 aliphatic rings. The van der Waals surface area contributed by atoms with Crippen LogP contribution in [0, 0.1) is 6.92 Å². The Morgan fingerprint density at radius 3 is 2.10 bits per heavy atom. The summed E-state index contributed by atoms with van der Waals surface area (Å²) in [6.45, 7) is 8.47. The smallest absolute Gasteiger partial charge is 0.162 e. The molecule has 0 atom stereocenters. The molecule has 0 spiro atoms. The van der Waals surface area contributed by atoms with E-state index in [1.165, 1.54) is 5.56 Å². The highest BCUT2D eigenvalue weighted by molar-refractivity contribution is 5.67. The van der Waals surface area contributed by atoms with Crippen LogP contribution in [0.15, 0.2) is 48.5 Å². The Bertz CT molecular complexity index is 996. The van der Waals surface area contributed by atoms with Gasteiger partial charge in [-0.05, 0) is 36.1 Å². The Balaban J connectivity index is 1.88. The number of anilines is 4. The van der Waals surface area contributed by atoms with Crippen LogP contribution >= 0.6 is 0 Å². The fraction of sp³-hybridized carbons (Fsp3) is 0.304. The van der Waals surface area contributed by atoms with Crippen LogP contribution in [0.25, 0.3) is 0 Å². The lowest BCUT2D eigenvalue weighted by atomic mass is 9.86. The fourth-order valence-corrected chi connectivity index (χ4v) is 3.14. The van der Waals surface area contributed by atoms with Crippen molar-refractivity contribution in [1.29, 1.82) is 0 Å². The average Bonchev–Trinajstić information content (AvgIpc) is 2.67. The summed E-state index contributed by atoms with van der Waals surface area (Å²) in [5, 5.41) is 6.77. The largest absolute Gasteiger partial charge is 0.493 e. The van der Waals surface area contributed by atoms with Crippen molar-refractivity contribution in [2.75, 3.05) is 24.9 Å². The molecule has 0 unspecified atom stereocenters. The van der Waals surface area contributed by atoms with Gasteiger partial charge in [-0.1, -0.05) is 39.0 Å². The molecule has 0 bridgehead atoms. The van der Waals surface area contributed by atoms with Crippen molar-refractivity contribution in [1.82, 2.24) is 9.97 Å². The SMILES string of the molecule is COc1ccc(Nc2cc(Nc3ccccc3C(C)(C)C)nc(C)n2)cc1OC. The van der Waals surface area contributed by atoms with E-state index in [4.69, 9.17) is 9.47 Å². The first-order valence-corrected chi connectivity index (χ1v) is 9.51. The van der Waals surface area contributed by atoms with Gasteiger partial charge in [0, 0.05) is 23.5 Å². The summed E-state index contributed by atoms with van der Waals surface area (Å²) >= 11 is 0. The van der Waals surface area contributed by atoms with Crippen LogP contribution in [-0.2, 0) is 5.41 Å². The van der Waals surface area contributed by atoms with Gasteiger partial charge < -0.3 is 20.1 Å². The van der Waals surface area contributed by atoms with Crippen molar-refractivity contribution in [3.8, 4) is 11.5 Å². The van der Waals surface area contributed by atoms with Gasteiger partial charge in [0.1, 0.15) is 17.5 Å². The number of nitrogens with one attached hydrogen (secondary N) is 2. The molecule has 0 fully saturated rings. The van der Waals surface area contributed by atoms with E-state index in [1.54, 1.807) is 14.2 Å². The number of hydrogen-bond acceptors (Lipinski definition) is 6. The zero-order valence-electron chi connectivity index (χ0n) is 17.8. The van der Waals surface area contributed by atoms with Crippen LogP contribution in [0.5, 0.6) is 11.5 Å². The summed E-state index contributed by atoms with van der Waals surface area (Å²) in [7, 11) is 3.23. The van der Waals surface area contributed by atoms with Crippen molar-refractivity contribution in [3.05, 3.63) is 59.9 Å². The third kappa shape index (κ3) is 4.96. The molecule has 0 saturated carbocycles. The standard InChI is InChI=1S/C23H28N4O2/c1-15-24-21(26-16-11-12-19(28-5)20(13-16)29-6)14-22(25-15)27-18-10-8-7-9-17(18)23(2,3)4/h7-14H,1-6H3,(H2,24,25,26,27). The number of rotatable bonds is 6. The van der Waals surface area contributed by atoms with Gasteiger partial charge in [-0.2, -0.15) is 0 Å². The summed E-state index contributed by atoms with van der Waals surface area (Å²) < 4.78 is 10.7. The highest BCUT2D eigenvalue weighted by Crippen LogP contribution is 2.33. The summed E-state index contributed by atoms with van der Waals surface area (Å²) in [5.74, 6) is 3.43. The van der Waals surface area contributed by atoms with Gasteiger partial charge in [-0.3, -0.25) is 0 Å². The van der Waals surface area contributed by atoms with Crippen LogP contribution in [-0.4, -0.2) is 24.2 Å². The fourth-order valence-electron chi connectivity index (χ4n) is 3.14. The molecule has 0 amide bonds. The first-order valence-electron chi connectivity index (χ1n) is 9.51. The Labute approximate surface area is 172 Å². The molecule has 1 aromatic heterocycles. The number of para-hydroxylation sites is 1. The predicted molar refractivity (Wildman–Crippen MR) is 118 cm³/mol. The molecule has 0 saturated heterocycles. The van der Waals surface area contributed by atoms with Gasteiger partial charge in [0.05, 0.1) is 14.2 Å². The number of aryl methyl sites for hydroxylation is 1. The number of aromatic nitrogens is 2. The van der Waals surface area contributed by atoms with Crippen molar-refractivity contribution < 1.29 is 9.47 Å². The maximum absolute atomic E-state index is 5.38. The first-order chi connectivity index (χ1) is 13.8. The third-order valence-electron chi connectivity index (χ3n) is 4.49. The maximum atomic E-state index is 5.38. The highest BCUT2D eigenvalue weighted by atomic mass is 16.5. The first kappa shape index (κ1) is 20.5. The summed E-state index contributed by atoms with van der Waals surface area (Å²) in [6.07, 6.45) is 0. The summed E-state index contributed by atoms with van der Waals surface area (Å²) in [5.41, 5.74) is 3.13. The zero-order chi connectivity index (χ0) is 21.0. The lowest BCUT2D eigenvalue weighted by Crippen LogP contribution is -2.14. The Hall–Kier alpha value is -3.28. The predicted octanol–water partition coefficient (Wildman–Crippen LogP) is 5.59. The highest BCUT2D eigenvalue weighted by Gasteiger charge is 2.18. The van der Waals surface area contributed by atoms with Crippen molar-refractivity contribution >= 4 is 23.0 Å². The molecular weight excluding hydrogens is 364 g/mol. The van der Waals surface area contributed by atoms with E-state index in [0.717, 1.165) is 17.2 Å². The summed E-state index contributed by atoms with van der Waals surface area (Å²) in [4.78, 5) is 9.05. The quantitative estimate of drug-likeness (QED) is 0.570. The normalized spacial score (nSPS) is 11.1. The minimum absolute atomic E-state index is 0.0202. The number of ether oxygens (including phenoxy) is 2. The van der Waals surface area contributed by atoms with Crippen molar-refractivity contribution in [3.63, 3.8) is 0 Å². The topological polar surface area (TPSA) is 68.3 Å². The molecule has 3 aromatic rings. The molecular formula is C23H28N4O2.